The third-order valence-electron chi connectivity index (χ3n) is 2.66. The predicted octanol–water partition coefficient (Wildman–Crippen LogP) is 2.02. The molecule has 1 atom stereocenters. The fourth-order valence-corrected chi connectivity index (χ4v) is 1.64. The van der Waals surface area contributed by atoms with E-state index in [-0.39, 0.29) is 29.2 Å². The number of nitrogens with zero attached hydrogens (tertiary/aromatic N) is 1. The standard InChI is InChI=1S/C12H15FN2OS/c1-8(9-5-3-4-6-10(9)13)15(2)12(16)7-11(14)17/h3-6,8H,7H2,1-2H3,(H2,14,17). The number of halogens is 1. The van der Waals surface area contributed by atoms with Crippen LogP contribution in [0.1, 0.15) is 24.9 Å². The van der Waals surface area contributed by atoms with Crippen LogP contribution < -0.4 is 5.73 Å². The Morgan fingerprint density at radius 3 is 2.65 bits per heavy atom. The quantitative estimate of drug-likeness (QED) is 0.836. The first kappa shape index (κ1) is 13.6. The number of hydrogen-bond acceptors (Lipinski definition) is 2. The van der Waals surface area contributed by atoms with Gasteiger partial charge < -0.3 is 10.6 Å². The molecule has 1 unspecified atom stereocenters. The molecule has 5 heteroatoms. The molecule has 1 aromatic carbocycles. The lowest BCUT2D eigenvalue weighted by molar-refractivity contribution is -0.130. The number of carbonyl (C=O) groups excluding carboxylic acids is 1. The predicted molar refractivity (Wildman–Crippen MR) is 69.0 cm³/mol. The van der Waals surface area contributed by atoms with Crippen LogP contribution in [0.5, 0.6) is 0 Å². The van der Waals surface area contributed by atoms with Crippen molar-refractivity contribution in [3.05, 3.63) is 35.6 Å². The molecule has 17 heavy (non-hydrogen) atoms. The molecule has 1 amide bonds. The highest BCUT2D eigenvalue weighted by Gasteiger charge is 2.19. The first-order valence-electron chi connectivity index (χ1n) is 5.22. The van der Waals surface area contributed by atoms with E-state index < -0.39 is 0 Å². The first-order chi connectivity index (χ1) is 7.93. The Kier molecular flexibility index (Phi) is 4.57. The van der Waals surface area contributed by atoms with E-state index in [9.17, 15) is 9.18 Å². The van der Waals surface area contributed by atoms with Crippen molar-refractivity contribution in [1.82, 2.24) is 4.90 Å². The second-order valence-corrected chi connectivity index (χ2v) is 4.37. The molecule has 0 heterocycles. The SMILES string of the molecule is CC(c1ccccc1F)N(C)C(=O)CC(N)=S. The third kappa shape index (κ3) is 3.49. The van der Waals surface area contributed by atoms with Crippen molar-refractivity contribution >= 4 is 23.1 Å². The van der Waals surface area contributed by atoms with E-state index in [1.165, 1.54) is 11.0 Å². The Hall–Kier alpha value is -1.49. The third-order valence-corrected chi connectivity index (χ3v) is 2.80. The average Bonchev–Trinajstić information content (AvgIpc) is 2.27. The molecule has 1 rings (SSSR count). The van der Waals surface area contributed by atoms with Gasteiger partial charge in [-0.3, -0.25) is 4.79 Å². The van der Waals surface area contributed by atoms with Gasteiger partial charge in [-0.2, -0.15) is 0 Å². The number of nitrogens with two attached hydrogens (primary N) is 1. The van der Waals surface area contributed by atoms with E-state index in [4.69, 9.17) is 5.73 Å². The van der Waals surface area contributed by atoms with Crippen molar-refractivity contribution in [2.75, 3.05) is 7.05 Å². The van der Waals surface area contributed by atoms with E-state index in [0.29, 0.717) is 5.56 Å². The molecule has 0 radical (unpaired) electrons. The van der Waals surface area contributed by atoms with E-state index in [1.807, 2.05) is 0 Å². The number of carbonyl (C=O) groups is 1. The molecular weight excluding hydrogens is 239 g/mol. The zero-order valence-corrected chi connectivity index (χ0v) is 10.6. The number of benzene rings is 1. The fourth-order valence-electron chi connectivity index (χ4n) is 1.51. The lowest BCUT2D eigenvalue weighted by atomic mass is 10.1. The summed E-state index contributed by atoms with van der Waals surface area (Å²) in [5, 5.41) is 0. The number of amides is 1. The highest BCUT2D eigenvalue weighted by Crippen LogP contribution is 2.21. The van der Waals surface area contributed by atoms with Gasteiger partial charge >= 0.3 is 0 Å². The van der Waals surface area contributed by atoms with Crippen LogP contribution in [0.25, 0.3) is 0 Å². The van der Waals surface area contributed by atoms with Crippen LogP contribution in [0, 0.1) is 5.82 Å². The minimum absolute atomic E-state index is 0.00459. The Morgan fingerprint density at radius 1 is 1.53 bits per heavy atom. The largest absolute Gasteiger partial charge is 0.393 e. The van der Waals surface area contributed by atoms with Crippen molar-refractivity contribution in [2.45, 2.75) is 19.4 Å². The molecule has 1 aromatic rings. The minimum atomic E-state index is -0.349. The zero-order chi connectivity index (χ0) is 13.0. The minimum Gasteiger partial charge on any atom is -0.393 e. The van der Waals surface area contributed by atoms with Crippen molar-refractivity contribution in [3.63, 3.8) is 0 Å². The summed E-state index contributed by atoms with van der Waals surface area (Å²) in [5.41, 5.74) is 5.79. The monoisotopic (exact) mass is 254 g/mol. The molecule has 0 fully saturated rings. The van der Waals surface area contributed by atoms with Crippen LogP contribution >= 0.6 is 12.2 Å². The molecule has 3 nitrogen and oxygen atoms in total. The van der Waals surface area contributed by atoms with Crippen LogP contribution in [0.15, 0.2) is 24.3 Å². The average molecular weight is 254 g/mol. The summed E-state index contributed by atoms with van der Waals surface area (Å²) in [6.45, 7) is 1.76. The number of hydrogen-bond donors (Lipinski definition) is 1. The summed E-state index contributed by atoms with van der Waals surface area (Å²) in [7, 11) is 1.61. The van der Waals surface area contributed by atoms with Gasteiger partial charge in [0.15, 0.2) is 0 Å². The fraction of sp³-hybridized carbons (Fsp3) is 0.333. The second kappa shape index (κ2) is 5.72. The maximum Gasteiger partial charge on any atom is 0.229 e. The zero-order valence-electron chi connectivity index (χ0n) is 9.81. The van der Waals surface area contributed by atoms with Crippen molar-refractivity contribution in [1.29, 1.82) is 0 Å². The Morgan fingerprint density at radius 2 is 2.12 bits per heavy atom. The Balaban J connectivity index is 2.83. The van der Waals surface area contributed by atoms with Gasteiger partial charge in [-0.25, -0.2) is 4.39 Å². The van der Waals surface area contributed by atoms with Gasteiger partial charge in [0.2, 0.25) is 5.91 Å². The number of thiocarbonyl (C=S) groups is 1. The maximum absolute atomic E-state index is 13.5. The molecule has 2 N–H and O–H groups in total. The van der Waals surface area contributed by atoms with Gasteiger partial charge in [-0.05, 0) is 13.0 Å². The van der Waals surface area contributed by atoms with Gasteiger partial charge in [-0.1, -0.05) is 30.4 Å². The molecule has 0 saturated carbocycles. The van der Waals surface area contributed by atoms with Gasteiger partial charge in [0, 0.05) is 12.6 Å². The van der Waals surface area contributed by atoms with Crippen molar-refractivity contribution < 1.29 is 9.18 Å². The van der Waals surface area contributed by atoms with Crippen LogP contribution in [0.3, 0.4) is 0 Å². The van der Waals surface area contributed by atoms with Crippen LogP contribution in [-0.4, -0.2) is 22.8 Å². The smallest absolute Gasteiger partial charge is 0.229 e. The van der Waals surface area contributed by atoms with Crippen LogP contribution in [-0.2, 0) is 4.79 Å². The molecule has 0 saturated heterocycles. The lowest BCUT2D eigenvalue weighted by Crippen LogP contribution is -2.32. The summed E-state index contributed by atoms with van der Waals surface area (Å²) in [6.07, 6.45) is 0.00459. The summed E-state index contributed by atoms with van der Waals surface area (Å²) in [6, 6.07) is 6.03. The normalized spacial score (nSPS) is 11.9. The highest BCUT2D eigenvalue weighted by molar-refractivity contribution is 7.80. The molecule has 0 spiro atoms. The molecule has 0 bridgehead atoms. The van der Waals surface area contributed by atoms with Gasteiger partial charge in [0.05, 0.1) is 17.5 Å². The van der Waals surface area contributed by atoms with Gasteiger partial charge in [-0.15, -0.1) is 0 Å². The van der Waals surface area contributed by atoms with Crippen molar-refractivity contribution in [3.8, 4) is 0 Å². The van der Waals surface area contributed by atoms with E-state index in [1.54, 1.807) is 32.2 Å². The lowest BCUT2D eigenvalue weighted by Gasteiger charge is -2.25. The maximum atomic E-state index is 13.5. The Bertz CT molecular complexity index is 436. The summed E-state index contributed by atoms with van der Waals surface area (Å²) < 4.78 is 13.5. The van der Waals surface area contributed by atoms with E-state index in [2.05, 4.69) is 12.2 Å². The van der Waals surface area contributed by atoms with E-state index in [0.717, 1.165) is 0 Å². The number of rotatable bonds is 4. The van der Waals surface area contributed by atoms with E-state index >= 15 is 0 Å². The molecule has 0 aliphatic heterocycles. The summed E-state index contributed by atoms with van der Waals surface area (Å²) in [4.78, 5) is 13.3. The summed E-state index contributed by atoms with van der Waals surface area (Å²) >= 11 is 4.68. The van der Waals surface area contributed by atoms with Gasteiger partial charge in [0.25, 0.3) is 0 Å². The Labute approximate surface area is 105 Å². The van der Waals surface area contributed by atoms with Gasteiger partial charge in [0.1, 0.15) is 5.82 Å². The van der Waals surface area contributed by atoms with Crippen LogP contribution in [0.2, 0.25) is 0 Å². The topological polar surface area (TPSA) is 46.3 Å². The molecule has 0 aliphatic carbocycles. The molecule has 0 aliphatic rings. The molecule has 0 aromatic heterocycles. The highest BCUT2D eigenvalue weighted by atomic mass is 32.1. The second-order valence-electron chi connectivity index (χ2n) is 3.85. The molecular formula is C12H15FN2OS. The van der Waals surface area contributed by atoms with Crippen LogP contribution in [0.4, 0.5) is 4.39 Å². The first-order valence-corrected chi connectivity index (χ1v) is 5.62. The molecule has 92 valence electrons. The van der Waals surface area contributed by atoms with Crippen molar-refractivity contribution in [2.24, 2.45) is 5.73 Å². The summed E-state index contributed by atoms with van der Waals surface area (Å²) in [5.74, 6) is -0.539.